The second-order valence-corrected chi connectivity index (χ2v) is 7.76. The van der Waals surface area contributed by atoms with Gasteiger partial charge in [-0.05, 0) is 49.1 Å². The quantitative estimate of drug-likeness (QED) is 0.595. The standard InChI is InChI=1S/C22H20ClFN2O4/c23-18-4-3-17(10-19(18)24)30-12-21(27)26-16-7-13(8-16)11-25-22(28)15-2-1-14-5-6-29-20(14)9-15/h1-6,9-10,13,16H,7-8,11-12H2,(H,25,28)(H,26,27). The molecule has 1 aliphatic rings. The van der Waals surface area contributed by atoms with E-state index in [1.54, 1.807) is 18.4 Å². The highest BCUT2D eigenvalue weighted by Gasteiger charge is 2.30. The second-order valence-electron chi connectivity index (χ2n) is 7.35. The average Bonchev–Trinajstić information content (AvgIpc) is 3.18. The lowest BCUT2D eigenvalue weighted by atomic mass is 9.80. The number of hydrogen-bond donors (Lipinski definition) is 2. The molecule has 3 aromatic rings. The molecule has 0 bridgehead atoms. The number of carbonyl (C=O) groups is 2. The van der Waals surface area contributed by atoms with Crippen LogP contribution >= 0.6 is 11.6 Å². The first-order valence-electron chi connectivity index (χ1n) is 9.60. The summed E-state index contributed by atoms with van der Waals surface area (Å²) >= 11 is 5.61. The molecule has 2 N–H and O–H groups in total. The van der Waals surface area contributed by atoms with Gasteiger partial charge in [-0.1, -0.05) is 17.7 Å². The summed E-state index contributed by atoms with van der Waals surface area (Å²) in [5.41, 5.74) is 1.23. The lowest BCUT2D eigenvalue weighted by Crippen LogP contribution is -2.48. The maximum Gasteiger partial charge on any atom is 0.258 e. The Labute approximate surface area is 177 Å². The summed E-state index contributed by atoms with van der Waals surface area (Å²) in [6, 6.07) is 11.3. The molecule has 0 aliphatic heterocycles. The topological polar surface area (TPSA) is 80.6 Å². The third-order valence-corrected chi connectivity index (χ3v) is 5.44. The van der Waals surface area contributed by atoms with Crippen LogP contribution in [0.3, 0.4) is 0 Å². The van der Waals surface area contributed by atoms with Crippen LogP contribution in [0.4, 0.5) is 4.39 Å². The fourth-order valence-electron chi connectivity index (χ4n) is 3.44. The van der Waals surface area contributed by atoms with E-state index in [0.717, 1.165) is 24.3 Å². The Kier molecular flexibility index (Phi) is 5.90. The number of furan rings is 1. The lowest BCUT2D eigenvalue weighted by molar-refractivity contribution is -0.124. The number of fused-ring (bicyclic) bond motifs is 1. The molecular formula is C22H20ClFN2O4. The van der Waals surface area contributed by atoms with Crippen molar-refractivity contribution in [2.75, 3.05) is 13.2 Å². The first-order valence-corrected chi connectivity index (χ1v) is 9.98. The minimum Gasteiger partial charge on any atom is -0.484 e. The van der Waals surface area contributed by atoms with Crippen molar-refractivity contribution in [2.24, 2.45) is 5.92 Å². The summed E-state index contributed by atoms with van der Waals surface area (Å²) in [6.45, 7) is 0.343. The van der Waals surface area contributed by atoms with Gasteiger partial charge in [0.2, 0.25) is 0 Å². The van der Waals surface area contributed by atoms with Gasteiger partial charge in [0.25, 0.3) is 11.8 Å². The van der Waals surface area contributed by atoms with Crippen LogP contribution < -0.4 is 15.4 Å². The minimum atomic E-state index is -0.595. The highest BCUT2D eigenvalue weighted by atomic mass is 35.5. The van der Waals surface area contributed by atoms with Crippen molar-refractivity contribution in [1.82, 2.24) is 10.6 Å². The van der Waals surface area contributed by atoms with Crippen molar-refractivity contribution >= 4 is 34.4 Å². The van der Waals surface area contributed by atoms with Gasteiger partial charge in [-0.15, -0.1) is 0 Å². The maximum atomic E-state index is 13.4. The van der Waals surface area contributed by atoms with Crippen molar-refractivity contribution in [1.29, 1.82) is 0 Å². The molecule has 1 heterocycles. The van der Waals surface area contributed by atoms with Crippen LogP contribution in [0.2, 0.25) is 5.02 Å². The van der Waals surface area contributed by atoms with E-state index in [0.29, 0.717) is 23.6 Å². The number of hydrogen-bond acceptors (Lipinski definition) is 4. The summed E-state index contributed by atoms with van der Waals surface area (Å²) in [7, 11) is 0. The van der Waals surface area contributed by atoms with Gasteiger partial charge in [-0.3, -0.25) is 9.59 Å². The molecule has 1 aliphatic carbocycles. The number of benzene rings is 2. The largest absolute Gasteiger partial charge is 0.484 e. The number of halogens is 2. The van der Waals surface area contributed by atoms with Crippen LogP contribution in [0.15, 0.2) is 53.1 Å². The van der Waals surface area contributed by atoms with Crippen LogP contribution in [0, 0.1) is 11.7 Å². The van der Waals surface area contributed by atoms with Crippen LogP contribution in [0.1, 0.15) is 23.2 Å². The third kappa shape index (κ3) is 4.74. The zero-order valence-electron chi connectivity index (χ0n) is 16.0. The summed E-state index contributed by atoms with van der Waals surface area (Å²) in [4.78, 5) is 24.3. The highest BCUT2D eigenvalue weighted by Crippen LogP contribution is 2.27. The zero-order chi connectivity index (χ0) is 21.1. The highest BCUT2D eigenvalue weighted by molar-refractivity contribution is 6.30. The van der Waals surface area contributed by atoms with E-state index in [1.807, 2.05) is 12.1 Å². The summed E-state index contributed by atoms with van der Waals surface area (Å²) in [6.07, 6.45) is 3.14. The molecule has 4 rings (SSSR count). The number of amides is 2. The molecule has 0 atom stereocenters. The summed E-state index contributed by atoms with van der Waals surface area (Å²) < 4.78 is 24.0. The Bertz CT molecular complexity index is 1080. The molecule has 6 nitrogen and oxygen atoms in total. The van der Waals surface area contributed by atoms with Crippen molar-refractivity contribution < 1.29 is 23.1 Å². The van der Waals surface area contributed by atoms with Gasteiger partial charge in [0.05, 0.1) is 11.3 Å². The molecule has 30 heavy (non-hydrogen) atoms. The van der Waals surface area contributed by atoms with Gasteiger partial charge in [0.15, 0.2) is 6.61 Å². The van der Waals surface area contributed by atoms with Gasteiger partial charge in [-0.2, -0.15) is 0 Å². The molecule has 0 unspecified atom stereocenters. The molecule has 1 fully saturated rings. The fraction of sp³-hybridized carbons (Fsp3) is 0.273. The Balaban J connectivity index is 1.15. The van der Waals surface area contributed by atoms with Crippen LogP contribution in [0.5, 0.6) is 5.75 Å². The van der Waals surface area contributed by atoms with Gasteiger partial charge in [0, 0.05) is 29.6 Å². The Morgan fingerprint density at radius 3 is 2.80 bits per heavy atom. The molecule has 0 spiro atoms. The number of ether oxygens (including phenoxy) is 1. The van der Waals surface area contributed by atoms with Gasteiger partial charge >= 0.3 is 0 Å². The first-order chi connectivity index (χ1) is 14.5. The van der Waals surface area contributed by atoms with Gasteiger partial charge in [0.1, 0.15) is 17.1 Å². The zero-order valence-corrected chi connectivity index (χ0v) is 16.7. The number of rotatable bonds is 7. The lowest BCUT2D eigenvalue weighted by Gasteiger charge is -2.35. The molecule has 2 amide bonds. The molecule has 2 aromatic carbocycles. The SMILES string of the molecule is O=C(COc1ccc(Cl)c(F)c1)NC1CC(CNC(=O)c2ccc3ccoc3c2)C1. The maximum absolute atomic E-state index is 13.4. The molecule has 0 radical (unpaired) electrons. The Morgan fingerprint density at radius 2 is 2.00 bits per heavy atom. The average molecular weight is 431 g/mol. The minimum absolute atomic E-state index is 0.000850. The second kappa shape index (κ2) is 8.75. The van der Waals surface area contributed by atoms with E-state index in [9.17, 15) is 14.0 Å². The number of carbonyl (C=O) groups excluding carboxylic acids is 2. The Hall–Kier alpha value is -3.06. The first kappa shape index (κ1) is 20.2. The molecule has 156 valence electrons. The van der Waals surface area contributed by atoms with Crippen molar-refractivity contribution in [2.45, 2.75) is 18.9 Å². The van der Waals surface area contributed by atoms with E-state index < -0.39 is 5.82 Å². The Morgan fingerprint density at radius 1 is 1.17 bits per heavy atom. The summed E-state index contributed by atoms with van der Waals surface area (Å²) in [5, 5.41) is 6.75. The monoisotopic (exact) mass is 430 g/mol. The van der Waals surface area contributed by atoms with Crippen LogP contribution in [-0.2, 0) is 4.79 Å². The molecule has 8 heteroatoms. The molecule has 0 saturated heterocycles. The van der Waals surface area contributed by atoms with E-state index in [-0.39, 0.29) is 35.2 Å². The van der Waals surface area contributed by atoms with E-state index in [4.69, 9.17) is 20.8 Å². The molecule has 1 saturated carbocycles. The third-order valence-electron chi connectivity index (χ3n) is 5.13. The van der Waals surface area contributed by atoms with Crippen LogP contribution in [0.25, 0.3) is 11.0 Å². The predicted octanol–water partition coefficient (Wildman–Crippen LogP) is 3.93. The smallest absolute Gasteiger partial charge is 0.258 e. The van der Waals surface area contributed by atoms with Crippen molar-refractivity contribution in [3.8, 4) is 5.75 Å². The van der Waals surface area contributed by atoms with E-state index >= 15 is 0 Å². The van der Waals surface area contributed by atoms with Crippen LogP contribution in [-0.4, -0.2) is 31.0 Å². The van der Waals surface area contributed by atoms with Crippen molar-refractivity contribution in [3.63, 3.8) is 0 Å². The van der Waals surface area contributed by atoms with Gasteiger partial charge in [-0.25, -0.2) is 4.39 Å². The number of nitrogens with one attached hydrogen (secondary N) is 2. The fourth-order valence-corrected chi connectivity index (χ4v) is 3.56. The van der Waals surface area contributed by atoms with E-state index in [2.05, 4.69) is 10.6 Å². The molecular weight excluding hydrogens is 411 g/mol. The predicted molar refractivity (Wildman–Crippen MR) is 110 cm³/mol. The summed E-state index contributed by atoms with van der Waals surface area (Å²) in [5.74, 6) is -0.469. The normalized spacial score (nSPS) is 17.9. The van der Waals surface area contributed by atoms with Gasteiger partial charge < -0.3 is 19.8 Å². The van der Waals surface area contributed by atoms with Crippen molar-refractivity contribution in [3.05, 3.63) is 65.1 Å². The molecule has 1 aromatic heterocycles. The van der Waals surface area contributed by atoms with E-state index in [1.165, 1.54) is 12.1 Å².